The van der Waals surface area contributed by atoms with Gasteiger partial charge in [0, 0.05) is 24.8 Å². The Bertz CT molecular complexity index is 846. The first-order valence-electron chi connectivity index (χ1n) is 10.3. The molecule has 2 aromatic rings. The quantitative estimate of drug-likeness (QED) is 0.374. The number of non-ortho nitro benzene ring substituents is 1. The van der Waals surface area contributed by atoms with Crippen LogP contribution in [-0.4, -0.2) is 35.6 Å². The predicted molar refractivity (Wildman–Crippen MR) is 113 cm³/mol. The molecule has 0 saturated heterocycles. The summed E-state index contributed by atoms with van der Waals surface area (Å²) < 4.78 is 10.7. The fourth-order valence-electron chi connectivity index (χ4n) is 3.84. The van der Waals surface area contributed by atoms with Crippen molar-refractivity contribution in [2.45, 2.75) is 44.4 Å². The second-order valence-corrected chi connectivity index (χ2v) is 7.33. The van der Waals surface area contributed by atoms with Gasteiger partial charge in [-0.25, -0.2) is 4.98 Å². The van der Waals surface area contributed by atoms with Gasteiger partial charge in [0.15, 0.2) is 0 Å². The molecule has 1 amide bonds. The number of carbonyl (C=O) groups is 1. The van der Waals surface area contributed by atoms with Crippen molar-refractivity contribution in [3.63, 3.8) is 0 Å². The molecule has 3 rings (SSSR count). The summed E-state index contributed by atoms with van der Waals surface area (Å²) in [6.07, 6.45) is 5.95. The average molecular weight is 413 g/mol. The summed E-state index contributed by atoms with van der Waals surface area (Å²) >= 11 is 0. The first-order chi connectivity index (χ1) is 14.5. The lowest BCUT2D eigenvalue weighted by atomic mass is 9.68. The topological polar surface area (TPSA) is 104 Å². The standard InChI is InChI=1S/C22H27N3O5/c1-2-29-14-15-30-20-11-8-18(16-23-20)24-21(26)22(12-4-3-5-13-22)17-6-9-19(10-7-17)25(27)28/h6-11,16H,2-5,12-15H2,1H3,(H,24,26). The Morgan fingerprint density at radius 1 is 1.13 bits per heavy atom. The van der Waals surface area contributed by atoms with Crippen LogP contribution in [-0.2, 0) is 14.9 Å². The third kappa shape index (κ3) is 5.13. The van der Waals surface area contributed by atoms with E-state index in [4.69, 9.17) is 9.47 Å². The van der Waals surface area contributed by atoms with Crippen molar-refractivity contribution in [3.8, 4) is 5.88 Å². The number of benzene rings is 1. The van der Waals surface area contributed by atoms with E-state index in [1.165, 1.54) is 12.1 Å². The summed E-state index contributed by atoms with van der Waals surface area (Å²) in [5, 5.41) is 13.9. The molecule has 160 valence electrons. The molecule has 0 bridgehead atoms. The van der Waals surface area contributed by atoms with Gasteiger partial charge in [0.25, 0.3) is 5.69 Å². The van der Waals surface area contributed by atoms with Crippen molar-refractivity contribution in [2.24, 2.45) is 0 Å². The van der Waals surface area contributed by atoms with Gasteiger partial charge in [0.05, 0.1) is 28.8 Å². The maximum Gasteiger partial charge on any atom is 0.269 e. The number of hydrogen-bond donors (Lipinski definition) is 1. The third-order valence-electron chi connectivity index (χ3n) is 5.45. The van der Waals surface area contributed by atoms with Gasteiger partial charge in [-0.2, -0.15) is 0 Å². The Hall–Kier alpha value is -3.00. The molecule has 0 radical (unpaired) electrons. The monoisotopic (exact) mass is 413 g/mol. The minimum atomic E-state index is -0.694. The first kappa shape index (κ1) is 21.7. The number of amides is 1. The molecule has 8 heteroatoms. The maximum absolute atomic E-state index is 13.3. The number of nitrogens with one attached hydrogen (secondary N) is 1. The number of aromatic nitrogens is 1. The zero-order valence-corrected chi connectivity index (χ0v) is 17.1. The molecule has 1 heterocycles. The summed E-state index contributed by atoms with van der Waals surface area (Å²) in [4.78, 5) is 28.1. The lowest BCUT2D eigenvalue weighted by Crippen LogP contribution is -2.42. The van der Waals surface area contributed by atoms with Crippen LogP contribution in [0.3, 0.4) is 0 Å². The molecular formula is C22H27N3O5. The van der Waals surface area contributed by atoms with E-state index in [-0.39, 0.29) is 11.6 Å². The van der Waals surface area contributed by atoms with Crippen molar-refractivity contribution >= 4 is 17.3 Å². The highest BCUT2D eigenvalue weighted by Gasteiger charge is 2.41. The Kier molecular flexibility index (Phi) is 7.35. The fourth-order valence-corrected chi connectivity index (χ4v) is 3.84. The van der Waals surface area contributed by atoms with E-state index in [2.05, 4.69) is 10.3 Å². The molecule has 1 N–H and O–H groups in total. The summed E-state index contributed by atoms with van der Waals surface area (Å²) in [6.45, 7) is 3.47. The Balaban J connectivity index is 1.72. The minimum absolute atomic E-state index is 0.0224. The second kappa shape index (κ2) is 10.2. The maximum atomic E-state index is 13.3. The zero-order valence-electron chi connectivity index (χ0n) is 17.1. The lowest BCUT2D eigenvalue weighted by molar-refractivity contribution is -0.384. The van der Waals surface area contributed by atoms with Gasteiger partial charge in [-0.15, -0.1) is 0 Å². The van der Waals surface area contributed by atoms with E-state index in [1.807, 2.05) is 6.92 Å². The van der Waals surface area contributed by atoms with Gasteiger partial charge in [-0.1, -0.05) is 31.4 Å². The van der Waals surface area contributed by atoms with Crippen LogP contribution in [0.25, 0.3) is 0 Å². The second-order valence-electron chi connectivity index (χ2n) is 7.33. The molecule has 0 unspecified atom stereocenters. The summed E-state index contributed by atoms with van der Waals surface area (Å²) in [5.74, 6) is 0.360. The highest BCUT2D eigenvalue weighted by atomic mass is 16.6. The molecule has 1 aliphatic carbocycles. The fraction of sp³-hybridized carbons (Fsp3) is 0.455. The van der Waals surface area contributed by atoms with Crippen LogP contribution >= 0.6 is 0 Å². The van der Waals surface area contributed by atoms with Crippen LogP contribution in [0.5, 0.6) is 5.88 Å². The number of nitro groups is 1. The number of pyridine rings is 1. The molecule has 0 atom stereocenters. The van der Waals surface area contributed by atoms with E-state index in [0.717, 1.165) is 24.8 Å². The number of nitro benzene ring substituents is 1. The van der Waals surface area contributed by atoms with Gasteiger partial charge in [-0.3, -0.25) is 14.9 Å². The smallest absolute Gasteiger partial charge is 0.269 e. The number of carbonyl (C=O) groups excluding carboxylic acids is 1. The number of anilines is 1. The highest BCUT2D eigenvalue weighted by Crippen LogP contribution is 2.41. The van der Waals surface area contributed by atoms with Crippen molar-refractivity contribution in [3.05, 3.63) is 58.3 Å². The molecule has 1 aliphatic rings. The summed E-state index contributed by atoms with van der Waals surface area (Å²) in [5.41, 5.74) is 0.729. The minimum Gasteiger partial charge on any atom is -0.475 e. The zero-order chi connectivity index (χ0) is 21.4. The van der Waals surface area contributed by atoms with Crippen molar-refractivity contribution in [1.29, 1.82) is 0 Å². The Morgan fingerprint density at radius 3 is 2.47 bits per heavy atom. The van der Waals surface area contributed by atoms with Gasteiger partial charge < -0.3 is 14.8 Å². The molecule has 1 aromatic heterocycles. The van der Waals surface area contributed by atoms with Crippen LogP contribution in [0.1, 0.15) is 44.6 Å². The van der Waals surface area contributed by atoms with E-state index in [0.29, 0.717) is 44.2 Å². The summed E-state index contributed by atoms with van der Waals surface area (Å²) in [6, 6.07) is 9.81. The Morgan fingerprint density at radius 2 is 1.87 bits per heavy atom. The van der Waals surface area contributed by atoms with E-state index in [9.17, 15) is 14.9 Å². The predicted octanol–water partition coefficient (Wildman–Crippen LogP) is 4.25. The van der Waals surface area contributed by atoms with Crippen molar-refractivity contribution in [2.75, 3.05) is 25.1 Å². The van der Waals surface area contributed by atoms with Crippen molar-refractivity contribution in [1.82, 2.24) is 4.98 Å². The van der Waals surface area contributed by atoms with Crippen LogP contribution in [0, 0.1) is 10.1 Å². The van der Waals surface area contributed by atoms with Gasteiger partial charge in [0.2, 0.25) is 11.8 Å². The Labute approximate surface area is 175 Å². The third-order valence-corrected chi connectivity index (χ3v) is 5.45. The van der Waals surface area contributed by atoms with E-state index >= 15 is 0 Å². The summed E-state index contributed by atoms with van der Waals surface area (Å²) in [7, 11) is 0. The SMILES string of the molecule is CCOCCOc1ccc(NC(=O)C2(c3ccc([N+](=O)[O-])cc3)CCCCC2)cn1. The van der Waals surface area contributed by atoms with Crippen LogP contribution < -0.4 is 10.1 Å². The number of rotatable bonds is 9. The van der Waals surface area contributed by atoms with Crippen molar-refractivity contribution < 1.29 is 19.2 Å². The molecule has 1 fully saturated rings. The van der Waals surface area contributed by atoms with Crippen LogP contribution in [0.2, 0.25) is 0 Å². The van der Waals surface area contributed by atoms with Gasteiger partial charge >= 0.3 is 0 Å². The molecule has 1 saturated carbocycles. The molecule has 30 heavy (non-hydrogen) atoms. The average Bonchev–Trinajstić information content (AvgIpc) is 2.78. The first-order valence-corrected chi connectivity index (χ1v) is 10.3. The van der Waals surface area contributed by atoms with E-state index < -0.39 is 10.3 Å². The van der Waals surface area contributed by atoms with Crippen LogP contribution in [0.15, 0.2) is 42.6 Å². The number of nitrogens with zero attached hydrogens (tertiary/aromatic N) is 2. The van der Waals surface area contributed by atoms with E-state index in [1.54, 1.807) is 30.5 Å². The molecule has 1 aromatic carbocycles. The number of hydrogen-bond acceptors (Lipinski definition) is 6. The largest absolute Gasteiger partial charge is 0.475 e. The molecule has 0 spiro atoms. The normalized spacial score (nSPS) is 15.4. The van der Waals surface area contributed by atoms with Gasteiger partial charge in [0.1, 0.15) is 6.61 Å². The lowest BCUT2D eigenvalue weighted by Gasteiger charge is -2.36. The molecule has 0 aliphatic heterocycles. The molecule has 8 nitrogen and oxygen atoms in total. The molecular weight excluding hydrogens is 386 g/mol. The van der Waals surface area contributed by atoms with Crippen LogP contribution in [0.4, 0.5) is 11.4 Å². The van der Waals surface area contributed by atoms with Gasteiger partial charge in [-0.05, 0) is 31.4 Å². The number of ether oxygens (including phenoxy) is 2. The highest BCUT2D eigenvalue weighted by molar-refractivity contribution is 5.99.